The molecule has 2 rings (SSSR count). The molecule has 1 amide bonds. The number of rotatable bonds is 2. The molecule has 0 saturated carbocycles. The zero-order valence-electron chi connectivity index (χ0n) is 12.7. The highest BCUT2D eigenvalue weighted by Crippen LogP contribution is 2.30. The van der Waals surface area contributed by atoms with Gasteiger partial charge in [-0.25, -0.2) is 4.39 Å². The van der Waals surface area contributed by atoms with E-state index in [0.29, 0.717) is 18.2 Å². The zero-order chi connectivity index (χ0) is 16.5. The average molecular weight is 355 g/mol. The summed E-state index contributed by atoms with van der Waals surface area (Å²) in [4.78, 5) is 12.2. The van der Waals surface area contributed by atoms with Gasteiger partial charge in [0.2, 0.25) is 0 Å². The van der Waals surface area contributed by atoms with Gasteiger partial charge in [-0.3, -0.25) is 4.79 Å². The molecule has 0 aliphatic carbocycles. The van der Waals surface area contributed by atoms with E-state index in [1.165, 1.54) is 0 Å². The van der Waals surface area contributed by atoms with Crippen molar-refractivity contribution in [2.75, 3.05) is 6.54 Å². The zero-order valence-corrected chi connectivity index (χ0v) is 13.5. The Morgan fingerprint density at radius 1 is 1.30 bits per heavy atom. The summed E-state index contributed by atoms with van der Waals surface area (Å²) in [6, 6.07) is 1.57. The number of piperidine rings is 1. The minimum atomic E-state index is -4.62. The minimum Gasteiger partial charge on any atom is -0.347 e. The van der Waals surface area contributed by atoms with Gasteiger partial charge in [0, 0.05) is 12.1 Å². The molecule has 130 valence electrons. The fourth-order valence-corrected chi connectivity index (χ4v) is 2.71. The maximum Gasteiger partial charge on any atom is 0.416 e. The van der Waals surface area contributed by atoms with E-state index in [1.807, 2.05) is 13.8 Å². The quantitative estimate of drug-likeness (QED) is 0.799. The van der Waals surface area contributed by atoms with Gasteiger partial charge in [-0.2, -0.15) is 13.2 Å². The third-order valence-corrected chi connectivity index (χ3v) is 4.05. The Morgan fingerprint density at radius 3 is 2.52 bits per heavy atom. The molecule has 0 spiro atoms. The molecule has 8 heteroatoms. The van der Waals surface area contributed by atoms with E-state index in [-0.39, 0.29) is 30.4 Å². The third kappa shape index (κ3) is 4.57. The van der Waals surface area contributed by atoms with Crippen molar-refractivity contribution in [2.45, 2.75) is 38.5 Å². The van der Waals surface area contributed by atoms with Crippen LogP contribution in [0, 0.1) is 11.7 Å². The lowest BCUT2D eigenvalue weighted by Crippen LogP contribution is -2.56. The Balaban J connectivity index is 0.00000264. The van der Waals surface area contributed by atoms with Gasteiger partial charge in [-0.1, -0.05) is 6.92 Å². The number of carbonyl (C=O) groups is 1. The number of hydrogen-bond donors (Lipinski definition) is 2. The van der Waals surface area contributed by atoms with Crippen molar-refractivity contribution < 1.29 is 22.4 Å². The smallest absolute Gasteiger partial charge is 0.347 e. The molecular formula is C15H19ClF4N2O. The summed E-state index contributed by atoms with van der Waals surface area (Å²) in [5.41, 5.74) is -1.62. The maximum atomic E-state index is 13.7. The van der Waals surface area contributed by atoms with Crippen LogP contribution in [-0.4, -0.2) is 24.5 Å². The van der Waals surface area contributed by atoms with Crippen LogP contribution in [0.5, 0.6) is 0 Å². The van der Waals surface area contributed by atoms with Crippen molar-refractivity contribution in [3.63, 3.8) is 0 Å². The Hall–Kier alpha value is -1.34. The summed E-state index contributed by atoms with van der Waals surface area (Å²) in [5.74, 6) is -1.63. The first-order valence-electron chi connectivity index (χ1n) is 7.11. The van der Waals surface area contributed by atoms with E-state index in [1.54, 1.807) is 0 Å². The van der Waals surface area contributed by atoms with Crippen LogP contribution in [0.2, 0.25) is 0 Å². The lowest BCUT2D eigenvalue weighted by atomic mass is 9.89. The first-order chi connectivity index (χ1) is 10.2. The second-order valence-electron chi connectivity index (χ2n) is 5.70. The molecule has 2 N–H and O–H groups in total. The molecule has 0 aromatic heterocycles. The van der Waals surface area contributed by atoms with Gasteiger partial charge >= 0.3 is 6.18 Å². The van der Waals surface area contributed by atoms with Crippen molar-refractivity contribution in [1.82, 2.24) is 10.6 Å². The van der Waals surface area contributed by atoms with E-state index in [4.69, 9.17) is 0 Å². The topological polar surface area (TPSA) is 41.1 Å². The van der Waals surface area contributed by atoms with Gasteiger partial charge in [0.05, 0.1) is 11.1 Å². The SMILES string of the molecule is CC1CCNC(C)C1NC(=O)c1cc(C(F)(F)F)ccc1F.Cl. The molecule has 1 aliphatic heterocycles. The van der Waals surface area contributed by atoms with Crippen LogP contribution in [-0.2, 0) is 6.18 Å². The lowest BCUT2D eigenvalue weighted by molar-refractivity contribution is -0.137. The van der Waals surface area contributed by atoms with E-state index >= 15 is 0 Å². The summed E-state index contributed by atoms with van der Waals surface area (Å²) < 4.78 is 51.8. The first-order valence-corrected chi connectivity index (χ1v) is 7.11. The number of amides is 1. The van der Waals surface area contributed by atoms with E-state index < -0.39 is 29.0 Å². The fourth-order valence-electron chi connectivity index (χ4n) is 2.71. The molecule has 1 fully saturated rings. The van der Waals surface area contributed by atoms with Crippen LogP contribution in [0.15, 0.2) is 18.2 Å². The Bertz CT molecular complexity index is 555. The van der Waals surface area contributed by atoms with Crippen LogP contribution < -0.4 is 10.6 Å². The molecule has 0 bridgehead atoms. The van der Waals surface area contributed by atoms with Crippen molar-refractivity contribution in [2.24, 2.45) is 5.92 Å². The summed E-state index contributed by atoms with van der Waals surface area (Å²) in [7, 11) is 0. The van der Waals surface area contributed by atoms with Gasteiger partial charge < -0.3 is 10.6 Å². The highest BCUT2D eigenvalue weighted by atomic mass is 35.5. The predicted molar refractivity (Wildman–Crippen MR) is 81.1 cm³/mol. The van der Waals surface area contributed by atoms with Crippen LogP contribution in [0.1, 0.15) is 36.2 Å². The largest absolute Gasteiger partial charge is 0.416 e. The highest BCUT2D eigenvalue weighted by Gasteiger charge is 2.33. The Kier molecular flexibility index (Phi) is 6.41. The van der Waals surface area contributed by atoms with Gasteiger partial charge in [-0.15, -0.1) is 12.4 Å². The average Bonchev–Trinajstić information content (AvgIpc) is 2.42. The minimum absolute atomic E-state index is 0. The standard InChI is InChI=1S/C15H18F4N2O.ClH/c1-8-5-6-20-9(2)13(8)21-14(22)11-7-10(15(17,18)19)3-4-12(11)16;/h3-4,7-9,13,20H,5-6H2,1-2H3,(H,21,22);1H. The Morgan fingerprint density at radius 2 is 1.96 bits per heavy atom. The number of benzene rings is 1. The number of carbonyl (C=O) groups excluding carboxylic acids is 1. The lowest BCUT2D eigenvalue weighted by Gasteiger charge is -2.36. The van der Waals surface area contributed by atoms with Crippen molar-refractivity contribution >= 4 is 18.3 Å². The van der Waals surface area contributed by atoms with E-state index in [0.717, 1.165) is 13.0 Å². The van der Waals surface area contributed by atoms with Crippen LogP contribution in [0.25, 0.3) is 0 Å². The molecule has 0 radical (unpaired) electrons. The van der Waals surface area contributed by atoms with Crippen LogP contribution >= 0.6 is 12.4 Å². The second-order valence-corrected chi connectivity index (χ2v) is 5.70. The molecule has 1 saturated heterocycles. The number of alkyl halides is 3. The summed E-state index contributed by atoms with van der Waals surface area (Å²) in [5, 5.41) is 5.83. The van der Waals surface area contributed by atoms with Crippen molar-refractivity contribution in [3.05, 3.63) is 35.1 Å². The number of halogens is 5. The third-order valence-electron chi connectivity index (χ3n) is 4.05. The summed E-state index contributed by atoms with van der Waals surface area (Å²) in [6.45, 7) is 4.64. The molecule has 1 aromatic rings. The van der Waals surface area contributed by atoms with E-state index in [9.17, 15) is 22.4 Å². The maximum absolute atomic E-state index is 13.7. The van der Waals surface area contributed by atoms with Gasteiger partial charge in [0.15, 0.2) is 0 Å². The van der Waals surface area contributed by atoms with Crippen LogP contribution in [0.3, 0.4) is 0 Å². The molecule has 1 aliphatic rings. The van der Waals surface area contributed by atoms with Crippen molar-refractivity contribution in [3.8, 4) is 0 Å². The van der Waals surface area contributed by atoms with E-state index in [2.05, 4.69) is 10.6 Å². The number of hydrogen-bond acceptors (Lipinski definition) is 2. The molecule has 1 aromatic carbocycles. The first kappa shape index (κ1) is 19.7. The number of nitrogens with one attached hydrogen (secondary N) is 2. The van der Waals surface area contributed by atoms with Crippen molar-refractivity contribution in [1.29, 1.82) is 0 Å². The molecule has 3 nitrogen and oxygen atoms in total. The monoisotopic (exact) mass is 354 g/mol. The molecule has 1 heterocycles. The summed E-state index contributed by atoms with van der Waals surface area (Å²) in [6.07, 6.45) is -3.78. The highest BCUT2D eigenvalue weighted by molar-refractivity contribution is 5.95. The second kappa shape index (κ2) is 7.49. The molecular weight excluding hydrogens is 336 g/mol. The van der Waals surface area contributed by atoms with Gasteiger partial charge in [0.1, 0.15) is 5.82 Å². The van der Waals surface area contributed by atoms with Crippen LogP contribution in [0.4, 0.5) is 17.6 Å². The Labute approximate surface area is 138 Å². The summed E-state index contributed by atoms with van der Waals surface area (Å²) >= 11 is 0. The normalized spacial score (nSPS) is 24.7. The van der Waals surface area contributed by atoms with Gasteiger partial charge in [-0.05, 0) is 44.0 Å². The molecule has 3 atom stereocenters. The van der Waals surface area contributed by atoms with Gasteiger partial charge in [0.25, 0.3) is 5.91 Å². The fraction of sp³-hybridized carbons (Fsp3) is 0.533. The molecule has 23 heavy (non-hydrogen) atoms. The molecule has 3 unspecified atom stereocenters. The predicted octanol–water partition coefficient (Wildman–Crippen LogP) is 3.38.